The quantitative estimate of drug-likeness (QED) is 0.183. The van der Waals surface area contributed by atoms with Crippen LogP contribution in [0.15, 0.2) is 99.8 Å². The Balaban J connectivity index is 1.61. The molecule has 1 aliphatic heterocycles. The molecule has 3 aromatic rings. The van der Waals surface area contributed by atoms with Crippen LogP contribution in [0.25, 0.3) is 0 Å². The maximum atomic E-state index is 15.1. The van der Waals surface area contributed by atoms with Crippen molar-refractivity contribution in [1.82, 2.24) is 0 Å². The first-order valence-electron chi connectivity index (χ1n) is 16.7. The van der Waals surface area contributed by atoms with Gasteiger partial charge in [0.15, 0.2) is 30.4 Å². The Hall–Kier alpha value is -3.87. The highest BCUT2D eigenvalue weighted by Crippen LogP contribution is 2.42. The number of carbonyl (C=O) groups is 2. The van der Waals surface area contributed by atoms with Crippen molar-refractivity contribution in [2.45, 2.75) is 93.2 Å². The summed E-state index contributed by atoms with van der Waals surface area (Å²) in [6.45, 7) is 9.12. The van der Waals surface area contributed by atoms with Gasteiger partial charge in [-0.05, 0) is 79.5 Å². The van der Waals surface area contributed by atoms with E-state index in [1.807, 2.05) is 0 Å². The molecule has 5 atom stereocenters. The lowest BCUT2D eigenvalue weighted by Crippen LogP contribution is -2.37. The normalized spacial score (nSPS) is 22.1. The van der Waals surface area contributed by atoms with Crippen LogP contribution in [0.3, 0.4) is 0 Å². The SMILES string of the molecule is CC(=O)O[C@H](C1=C(C)[C@H](O[C@@H]2C[C@H](C)CC[C@H]2C(C)C)OC1=O)c1cc(F)ccc1CC(S(=O)(=O)c1ccccc1)S(=O)(=O)c1ccccc1. The molecular formula is C38H43FO9S2. The summed E-state index contributed by atoms with van der Waals surface area (Å²) < 4.78 is 87.3. The molecule has 3 aromatic carbocycles. The van der Waals surface area contributed by atoms with Gasteiger partial charge in [0.1, 0.15) is 5.82 Å². The molecule has 5 rings (SSSR count). The van der Waals surface area contributed by atoms with Crippen molar-refractivity contribution in [2.75, 3.05) is 0 Å². The lowest BCUT2D eigenvalue weighted by atomic mass is 9.75. The van der Waals surface area contributed by atoms with Gasteiger partial charge in [0.05, 0.1) is 21.5 Å². The second-order valence-electron chi connectivity index (χ2n) is 13.5. The predicted octanol–water partition coefficient (Wildman–Crippen LogP) is 6.92. The van der Waals surface area contributed by atoms with Crippen molar-refractivity contribution in [1.29, 1.82) is 0 Å². The van der Waals surface area contributed by atoms with Crippen LogP contribution in [0.5, 0.6) is 0 Å². The van der Waals surface area contributed by atoms with Crippen molar-refractivity contribution >= 4 is 31.6 Å². The van der Waals surface area contributed by atoms with Crippen LogP contribution in [0, 0.1) is 23.6 Å². The van der Waals surface area contributed by atoms with Crippen LogP contribution in [-0.2, 0) is 49.9 Å². The minimum atomic E-state index is -4.58. The Kier molecular flexibility index (Phi) is 11.3. The van der Waals surface area contributed by atoms with E-state index in [0.717, 1.165) is 38.3 Å². The van der Waals surface area contributed by atoms with Gasteiger partial charge in [-0.15, -0.1) is 0 Å². The average molecular weight is 727 g/mol. The fourth-order valence-electron chi connectivity index (χ4n) is 6.94. The van der Waals surface area contributed by atoms with E-state index in [9.17, 15) is 26.4 Å². The van der Waals surface area contributed by atoms with Gasteiger partial charge in [0.2, 0.25) is 6.29 Å². The molecule has 0 unspecified atom stereocenters. The molecule has 268 valence electrons. The van der Waals surface area contributed by atoms with Crippen LogP contribution < -0.4 is 0 Å². The van der Waals surface area contributed by atoms with Crippen molar-refractivity contribution in [3.05, 3.63) is 107 Å². The first-order chi connectivity index (χ1) is 23.6. The highest BCUT2D eigenvalue weighted by Gasteiger charge is 2.45. The number of cyclic esters (lactones) is 1. The number of hydrogen-bond acceptors (Lipinski definition) is 9. The number of sulfone groups is 2. The molecule has 1 heterocycles. The minimum Gasteiger partial charge on any atom is -0.452 e. The number of halogens is 1. The standard InChI is InChI=1S/C38H43FO9S2/c1-23(2)31-19-16-24(3)20-33(31)47-38-25(4)35(37(41)48-38)36(46-26(5)40)32-22-28(39)18-17-27(32)21-34(49(42,43)29-12-8-6-9-13-29)50(44,45)30-14-10-7-11-15-30/h6-15,17-18,22-24,31,33-34,36,38H,16,19-21H2,1-5H3/t24-,31+,33-,36+,38-/m1/s1. The summed E-state index contributed by atoms with van der Waals surface area (Å²) in [6, 6.07) is 17.7. The fraction of sp³-hybridized carbons (Fsp3) is 0.421. The molecule has 0 aromatic heterocycles. The van der Waals surface area contributed by atoms with E-state index in [-0.39, 0.29) is 38.5 Å². The van der Waals surface area contributed by atoms with Crippen molar-refractivity contribution in [3.63, 3.8) is 0 Å². The lowest BCUT2D eigenvalue weighted by Gasteiger charge is -2.38. The van der Waals surface area contributed by atoms with E-state index in [1.165, 1.54) is 54.6 Å². The molecule has 9 nitrogen and oxygen atoms in total. The van der Waals surface area contributed by atoms with E-state index in [4.69, 9.17) is 14.2 Å². The van der Waals surface area contributed by atoms with Gasteiger partial charge in [-0.2, -0.15) is 0 Å². The second kappa shape index (κ2) is 15.2. The molecule has 1 aliphatic carbocycles. The van der Waals surface area contributed by atoms with Gasteiger partial charge in [0, 0.05) is 24.5 Å². The maximum absolute atomic E-state index is 15.1. The Morgan fingerprint density at radius 3 is 2.04 bits per heavy atom. The van der Waals surface area contributed by atoms with E-state index >= 15 is 4.39 Å². The molecule has 0 bridgehead atoms. The van der Waals surface area contributed by atoms with Crippen LogP contribution in [0.4, 0.5) is 4.39 Å². The zero-order valence-corrected chi connectivity index (χ0v) is 30.4. The molecule has 0 N–H and O–H groups in total. The van der Waals surface area contributed by atoms with Crippen molar-refractivity contribution in [2.24, 2.45) is 17.8 Å². The van der Waals surface area contributed by atoms with E-state index in [1.54, 1.807) is 19.1 Å². The molecule has 12 heteroatoms. The Morgan fingerprint density at radius 2 is 1.50 bits per heavy atom. The topological polar surface area (TPSA) is 130 Å². The zero-order valence-electron chi connectivity index (χ0n) is 28.7. The predicted molar refractivity (Wildman–Crippen MR) is 184 cm³/mol. The second-order valence-corrected chi connectivity index (χ2v) is 18.1. The highest BCUT2D eigenvalue weighted by molar-refractivity contribution is 8.09. The molecule has 2 aliphatic rings. The fourth-order valence-corrected chi connectivity index (χ4v) is 11.4. The Labute approximate surface area is 293 Å². The van der Waals surface area contributed by atoms with Gasteiger partial charge in [-0.25, -0.2) is 26.0 Å². The van der Waals surface area contributed by atoms with Gasteiger partial charge < -0.3 is 14.2 Å². The summed E-state index contributed by atoms with van der Waals surface area (Å²) in [5.41, 5.74) is 0.174. The Morgan fingerprint density at radius 1 is 0.920 bits per heavy atom. The molecule has 0 saturated heterocycles. The Bertz CT molecular complexity index is 1890. The number of carbonyl (C=O) groups excluding carboxylic acids is 2. The molecule has 1 fully saturated rings. The third-order valence-electron chi connectivity index (χ3n) is 9.63. The molecule has 0 radical (unpaired) electrons. The van der Waals surface area contributed by atoms with Gasteiger partial charge in [-0.1, -0.05) is 69.7 Å². The summed E-state index contributed by atoms with van der Waals surface area (Å²) in [5, 5.41) is 0. The van der Waals surface area contributed by atoms with Crippen LogP contribution in [0.1, 0.15) is 71.1 Å². The van der Waals surface area contributed by atoms with E-state index in [2.05, 4.69) is 20.8 Å². The van der Waals surface area contributed by atoms with Crippen LogP contribution >= 0.6 is 0 Å². The summed E-state index contributed by atoms with van der Waals surface area (Å²) >= 11 is 0. The van der Waals surface area contributed by atoms with Gasteiger partial charge in [-0.3, -0.25) is 4.79 Å². The number of esters is 2. The van der Waals surface area contributed by atoms with Gasteiger partial charge in [0.25, 0.3) is 0 Å². The maximum Gasteiger partial charge on any atom is 0.340 e. The molecule has 50 heavy (non-hydrogen) atoms. The lowest BCUT2D eigenvalue weighted by molar-refractivity contribution is -0.181. The summed E-state index contributed by atoms with van der Waals surface area (Å²) in [6.07, 6.45) is -0.701. The summed E-state index contributed by atoms with van der Waals surface area (Å²) in [7, 11) is -9.15. The first-order valence-corrected chi connectivity index (χ1v) is 19.8. The third kappa shape index (κ3) is 7.87. The summed E-state index contributed by atoms with van der Waals surface area (Å²) in [4.78, 5) is 25.7. The van der Waals surface area contributed by atoms with Crippen LogP contribution in [0.2, 0.25) is 0 Å². The van der Waals surface area contributed by atoms with Gasteiger partial charge >= 0.3 is 11.9 Å². The molecule has 1 saturated carbocycles. The van der Waals surface area contributed by atoms with Crippen molar-refractivity contribution < 1.29 is 45.0 Å². The van der Waals surface area contributed by atoms with E-state index < -0.39 is 60.8 Å². The zero-order chi connectivity index (χ0) is 36.4. The smallest absolute Gasteiger partial charge is 0.340 e. The minimum absolute atomic E-state index is 0.0418. The molecule has 0 spiro atoms. The molecule has 0 amide bonds. The largest absolute Gasteiger partial charge is 0.452 e. The van der Waals surface area contributed by atoms with Crippen LogP contribution in [-0.4, -0.2) is 45.8 Å². The first kappa shape index (κ1) is 37.4. The molecular weight excluding hydrogens is 684 g/mol. The number of ether oxygens (including phenoxy) is 3. The number of hydrogen-bond donors (Lipinski definition) is 0. The summed E-state index contributed by atoms with van der Waals surface area (Å²) in [5.74, 6) is -1.46. The van der Waals surface area contributed by atoms with Crippen molar-refractivity contribution in [3.8, 4) is 0 Å². The average Bonchev–Trinajstić information content (AvgIpc) is 3.34. The number of benzene rings is 3. The highest BCUT2D eigenvalue weighted by atomic mass is 32.3. The monoisotopic (exact) mass is 726 g/mol. The van der Waals surface area contributed by atoms with E-state index in [0.29, 0.717) is 17.4 Å². The number of rotatable bonds is 12. The third-order valence-corrected chi connectivity index (χ3v) is 14.7.